The van der Waals surface area contributed by atoms with Crippen LogP contribution in [0.1, 0.15) is 35.6 Å². The maximum atomic E-state index is 13.1. The number of rotatable bonds is 6. The van der Waals surface area contributed by atoms with Crippen LogP contribution in [-0.2, 0) is 19.3 Å². The summed E-state index contributed by atoms with van der Waals surface area (Å²) in [5.41, 5.74) is 9.58. The monoisotopic (exact) mass is 335 g/mol. The molecule has 0 unspecified atom stereocenters. The van der Waals surface area contributed by atoms with Gasteiger partial charge in [0, 0.05) is 12.2 Å². The van der Waals surface area contributed by atoms with Crippen LogP contribution < -0.4 is 5.32 Å². The minimum Gasteiger partial charge on any atom is -0.381 e. The van der Waals surface area contributed by atoms with E-state index in [1.54, 1.807) is 0 Å². The number of nitrogens with one attached hydrogen (secondary N) is 1. The minimum atomic E-state index is -0.462. The second kappa shape index (κ2) is 7.26. The second-order valence-corrected chi connectivity index (χ2v) is 6.88. The Bertz CT molecular complexity index is 832. The number of fused-ring (bicyclic) bond motifs is 1. The Morgan fingerprint density at radius 1 is 1.12 bits per heavy atom. The van der Waals surface area contributed by atoms with E-state index in [9.17, 15) is 4.39 Å². The molecule has 1 nitrogen and oxygen atoms in total. The van der Waals surface area contributed by atoms with E-state index in [-0.39, 0.29) is 0 Å². The SMILES string of the molecule is C=C(F)C(=C)CNc1ccc(-c2cc3c(cc2C)CCC3)cc1CC. The highest BCUT2D eigenvalue weighted by Crippen LogP contribution is 2.33. The summed E-state index contributed by atoms with van der Waals surface area (Å²) in [6.07, 6.45) is 4.59. The van der Waals surface area contributed by atoms with E-state index in [0.29, 0.717) is 12.1 Å². The predicted octanol–water partition coefficient (Wildman–Crippen LogP) is 6.16. The van der Waals surface area contributed by atoms with Gasteiger partial charge >= 0.3 is 0 Å². The molecule has 2 aromatic rings. The zero-order valence-corrected chi connectivity index (χ0v) is 15.2. The third-order valence-corrected chi connectivity index (χ3v) is 5.11. The zero-order valence-electron chi connectivity index (χ0n) is 15.2. The van der Waals surface area contributed by atoms with Crippen molar-refractivity contribution in [2.75, 3.05) is 11.9 Å². The van der Waals surface area contributed by atoms with Gasteiger partial charge in [-0.25, -0.2) is 4.39 Å². The van der Waals surface area contributed by atoms with Crippen LogP contribution in [0.5, 0.6) is 0 Å². The lowest BCUT2D eigenvalue weighted by Crippen LogP contribution is -2.06. The lowest BCUT2D eigenvalue weighted by atomic mass is 9.93. The van der Waals surface area contributed by atoms with Crippen molar-refractivity contribution < 1.29 is 4.39 Å². The maximum Gasteiger partial charge on any atom is 0.120 e. The van der Waals surface area contributed by atoms with Gasteiger partial charge in [-0.1, -0.05) is 38.3 Å². The molecule has 0 atom stereocenters. The van der Waals surface area contributed by atoms with Crippen molar-refractivity contribution in [1.29, 1.82) is 0 Å². The van der Waals surface area contributed by atoms with E-state index in [1.165, 1.54) is 52.6 Å². The number of aryl methyl sites for hydroxylation is 4. The van der Waals surface area contributed by atoms with Gasteiger partial charge in [-0.05, 0) is 83.7 Å². The molecule has 0 fully saturated rings. The first-order valence-corrected chi connectivity index (χ1v) is 9.01. The summed E-state index contributed by atoms with van der Waals surface area (Å²) < 4.78 is 13.1. The van der Waals surface area contributed by atoms with Crippen LogP contribution in [0, 0.1) is 6.92 Å². The first kappa shape index (κ1) is 17.5. The molecule has 3 rings (SSSR count). The molecule has 0 radical (unpaired) electrons. The van der Waals surface area contributed by atoms with Crippen LogP contribution in [0.25, 0.3) is 11.1 Å². The molecule has 25 heavy (non-hydrogen) atoms. The van der Waals surface area contributed by atoms with Crippen molar-refractivity contribution in [2.45, 2.75) is 39.5 Å². The highest BCUT2D eigenvalue weighted by atomic mass is 19.1. The van der Waals surface area contributed by atoms with Crippen molar-refractivity contribution in [1.82, 2.24) is 0 Å². The standard InChI is InChI=1S/C23H26FN/c1-5-18-12-21(9-10-23(18)25-14-16(3)17(4)24)22-13-20-8-6-7-19(20)11-15(22)2/h9-13,25H,3-8,14H2,1-2H3. The lowest BCUT2D eigenvalue weighted by Gasteiger charge is -2.15. The van der Waals surface area contributed by atoms with Gasteiger partial charge in [0.2, 0.25) is 0 Å². The van der Waals surface area contributed by atoms with Gasteiger partial charge in [0.05, 0.1) is 0 Å². The Morgan fingerprint density at radius 3 is 2.52 bits per heavy atom. The number of benzene rings is 2. The molecule has 1 N–H and O–H groups in total. The Hall–Kier alpha value is -2.35. The third-order valence-electron chi connectivity index (χ3n) is 5.11. The number of anilines is 1. The van der Waals surface area contributed by atoms with Crippen molar-refractivity contribution >= 4 is 5.69 Å². The quantitative estimate of drug-likeness (QED) is 0.623. The Morgan fingerprint density at radius 2 is 1.84 bits per heavy atom. The molecule has 2 heteroatoms. The molecule has 0 amide bonds. The number of hydrogen-bond acceptors (Lipinski definition) is 1. The average Bonchev–Trinajstić information content (AvgIpc) is 3.05. The van der Waals surface area contributed by atoms with Crippen molar-refractivity contribution in [3.63, 3.8) is 0 Å². The van der Waals surface area contributed by atoms with Gasteiger partial charge in [-0.3, -0.25) is 0 Å². The normalized spacial score (nSPS) is 12.8. The third kappa shape index (κ3) is 3.68. The van der Waals surface area contributed by atoms with Crippen LogP contribution in [-0.4, -0.2) is 6.54 Å². The Balaban J connectivity index is 1.89. The molecule has 130 valence electrons. The Labute approximate surface area is 150 Å². The molecular formula is C23H26FN. The minimum absolute atomic E-state index is 0.375. The molecule has 0 saturated carbocycles. The lowest BCUT2D eigenvalue weighted by molar-refractivity contribution is 0.654. The van der Waals surface area contributed by atoms with Gasteiger partial charge in [0.1, 0.15) is 5.83 Å². The van der Waals surface area contributed by atoms with E-state index >= 15 is 0 Å². The van der Waals surface area contributed by atoms with Gasteiger partial charge in [0.25, 0.3) is 0 Å². The molecule has 1 aliphatic rings. The predicted molar refractivity (Wildman–Crippen MR) is 106 cm³/mol. The van der Waals surface area contributed by atoms with E-state index in [2.05, 4.69) is 62.7 Å². The van der Waals surface area contributed by atoms with Crippen molar-refractivity contribution in [2.24, 2.45) is 0 Å². The maximum absolute atomic E-state index is 13.1. The highest BCUT2D eigenvalue weighted by molar-refractivity contribution is 5.72. The summed E-state index contributed by atoms with van der Waals surface area (Å²) in [6, 6.07) is 11.2. The van der Waals surface area contributed by atoms with Crippen LogP contribution in [0.15, 0.2) is 54.9 Å². The van der Waals surface area contributed by atoms with Crippen LogP contribution >= 0.6 is 0 Å². The second-order valence-electron chi connectivity index (χ2n) is 6.88. The smallest absolute Gasteiger partial charge is 0.120 e. The van der Waals surface area contributed by atoms with Gasteiger partial charge in [-0.2, -0.15) is 0 Å². The molecule has 0 heterocycles. The molecule has 0 aliphatic heterocycles. The van der Waals surface area contributed by atoms with E-state index in [0.717, 1.165) is 12.1 Å². The van der Waals surface area contributed by atoms with Crippen LogP contribution in [0.2, 0.25) is 0 Å². The topological polar surface area (TPSA) is 12.0 Å². The van der Waals surface area contributed by atoms with E-state index in [1.807, 2.05) is 0 Å². The molecule has 0 bridgehead atoms. The zero-order chi connectivity index (χ0) is 18.0. The summed E-state index contributed by atoms with van der Waals surface area (Å²) in [4.78, 5) is 0. The molecule has 2 aromatic carbocycles. The summed E-state index contributed by atoms with van der Waals surface area (Å²) in [7, 11) is 0. The molecule has 0 spiro atoms. The summed E-state index contributed by atoms with van der Waals surface area (Å²) in [6.45, 7) is 11.7. The van der Waals surface area contributed by atoms with Gasteiger partial charge in [0.15, 0.2) is 0 Å². The summed E-state index contributed by atoms with van der Waals surface area (Å²) >= 11 is 0. The van der Waals surface area contributed by atoms with Crippen LogP contribution in [0.4, 0.5) is 10.1 Å². The van der Waals surface area contributed by atoms with Crippen molar-refractivity contribution in [3.8, 4) is 11.1 Å². The Kier molecular flexibility index (Phi) is 5.08. The average molecular weight is 335 g/mol. The van der Waals surface area contributed by atoms with Crippen molar-refractivity contribution in [3.05, 3.63) is 77.1 Å². The van der Waals surface area contributed by atoms with E-state index < -0.39 is 5.83 Å². The van der Waals surface area contributed by atoms with Gasteiger partial charge in [-0.15, -0.1) is 0 Å². The van der Waals surface area contributed by atoms with Crippen LogP contribution in [0.3, 0.4) is 0 Å². The van der Waals surface area contributed by atoms with E-state index in [4.69, 9.17) is 0 Å². The largest absolute Gasteiger partial charge is 0.381 e. The van der Waals surface area contributed by atoms with Gasteiger partial charge < -0.3 is 5.32 Å². The number of hydrogen-bond donors (Lipinski definition) is 1. The fourth-order valence-electron chi connectivity index (χ4n) is 3.58. The number of halogens is 1. The fourth-order valence-corrected chi connectivity index (χ4v) is 3.58. The fraction of sp³-hybridized carbons (Fsp3) is 0.304. The molecule has 0 aromatic heterocycles. The molecule has 0 saturated heterocycles. The summed E-state index contributed by atoms with van der Waals surface area (Å²) in [5, 5.41) is 3.28. The first-order chi connectivity index (χ1) is 12.0. The highest BCUT2D eigenvalue weighted by Gasteiger charge is 2.14. The molecule has 1 aliphatic carbocycles. The summed E-state index contributed by atoms with van der Waals surface area (Å²) in [5.74, 6) is -0.462. The molecular weight excluding hydrogens is 309 g/mol. The first-order valence-electron chi connectivity index (χ1n) is 9.01.